The monoisotopic (exact) mass is 426 g/mol. The molecule has 2 rings (SSSR count). The third kappa shape index (κ3) is 5.37. The van der Waals surface area contributed by atoms with Crippen LogP contribution in [-0.4, -0.2) is 31.6 Å². The third-order valence-electron chi connectivity index (χ3n) is 3.47. The molecule has 0 saturated carbocycles. The van der Waals surface area contributed by atoms with E-state index in [4.69, 9.17) is 0 Å². The SMILES string of the molecule is Cc1ccc(S(=O)(=O)NC(C(=O)Nc2cccc(Br)c2)C(C)O)cc1. The molecule has 3 N–H and O–H groups in total. The zero-order valence-electron chi connectivity index (χ0n) is 13.7. The van der Waals surface area contributed by atoms with Gasteiger partial charge in [0.1, 0.15) is 6.04 Å². The Bertz CT molecular complexity index is 851. The summed E-state index contributed by atoms with van der Waals surface area (Å²) in [6, 6.07) is 11.7. The summed E-state index contributed by atoms with van der Waals surface area (Å²) < 4.78 is 27.9. The molecule has 0 aromatic heterocycles. The van der Waals surface area contributed by atoms with Gasteiger partial charge in [0.2, 0.25) is 15.9 Å². The van der Waals surface area contributed by atoms with E-state index in [-0.39, 0.29) is 4.90 Å². The molecule has 0 aliphatic carbocycles. The van der Waals surface area contributed by atoms with E-state index >= 15 is 0 Å². The number of rotatable bonds is 6. The highest BCUT2D eigenvalue weighted by Gasteiger charge is 2.29. The van der Waals surface area contributed by atoms with Gasteiger partial charge in [-0.25, -0.2) is 8.42 Å². The molecule has 2 atom stereocenters. The first-order valence-electron chi connectivity index (χ1n) is 7.52. The Labute approximate surface area is 155 Å². The van der Waals surface area contributed by atoms with E-state index in [1.54, 1.807) is 36.4 Å². The van der Waals surface area contributed by atoms with Crippen LogP contribution in [-0.2, 0) is 14.8 Å². The smallest absolute Gasteiger partial charge is 0.245 e. The fourth-order valence-corrected chi connectivity index (χ4v) is 3.78. The number of carbonyl (C=O) groups excluding carboxylic acids is 1. The van der Waals surface area contributed by atoms with Gasteiger partial charge in [-0.2, -0.15) is 4.72 Å². The van der Waals surface area contributed by atoms with Crippen molar-refractivity contribution in [2.24, 2.45) is 0 Å². The number of sulfonamides is 1. The van der Waals surface area contributed by atoms with Crippen molar-refractivity contribution < 1.29 is 18.3 Å². The van der Waals surface area contributed by atoms with Crippen molar-refractivity contribution in [1.82, 2.24) is 4.72 Å². The number of aliphatic hydroxyl groups excluding tert-OH is 1. The van der Waals surface area contributed by atoms with Crippen LogP contribution in [0.5, 0.6) is 0 Å². The van der Waals surface area contributed by atoms with Gasteiger partial charge in [0, 0.05) is 10.2 Å². The van der Waals surface area contributed by atoms with Gasteiger partial charge in [0.25, 0.3) is 0 Å². The second kappa shape index (κ2) is 8.09. The summed E-state index contributed by atoms with van der Waals surface area (Å²) in [6.45, 7) is 3.19. The van der Waals surface area contributed by atoms with E-state index < -0.39 is 28.1 Å². The van der Waals surface area contributed by atoms with E-state index in [0.717, 1.165) is 10.0 Å². The van der Waals surface area contributed by atoms with Gasteiger partial charge in [0.15, 0.2) is 0 Å². The van der Waals surface area contributed by atoms with Crippen molar-refractivity contribution in [3.8, 4) is 0 Å². The molecule has 0 spiro atoms. The quantitative estimate of drug-likeness (QED) is 0.660. The van der Waals surface area contributed by atoms with Gasteiger partial charge in [0.05, 0.1) is 11.0 Å². The number of carbonyl (C=O) groups is 1. The molecule has 0 radical (unpaired) electrons. The molecule has 1 amide bonds. The minimum Gasteiger partial charge on any atom is -0.391 e. The Hall–Kier alpha value is -1.74. The number of benzene rings is 2. The molecule has 0 fully saturated rings. The van der Waals surface area contributed by atoms with Crippen LogP contribution in [0.25, 0.3) is 0 Å². The first-order valence-corrected chi connectivity index (χ1v) is 9.80. The Morgan fingerprint density at radius 2 is 1.80 bits per heavy atom. The van der Waals surface area contributed by atoms with Gasteiger partial charge in [-0.05, 0) is 44.2 Å². The number of anilines is 1. The number of hydrogen-bond acceptors (Lipinski definition) is 4. The summed E-state index contributed by atoms with van der Waals surface area (Å²) in [5.41, 5.74) is 1.40. The highest BCUT2D eigenvalue weighted by Crippen LogP contribution is 2.17. The molecule has 8 heteroatoms. The van der Waals surface area contributed by atoms with Crippen LogP contribution in [0.4, 0.5) is 5.69 Å². The minimum absolute atomic E-state index is 0.0269. The van der Waals surface area contributed by atoms with Gasteiger partial charge < -0.3 is 10.4 Å². The highest BCUT2D eigenvalue weighted by atomic mass is 79.9. The van der Waals surface area contributed by atoms with Crippen molar-refractivity contribution in [1.29, 1.82) is 0 Å². The second-order valence-electron chi connectivity index (χ2n) is 5.65. The number of halogens is 1. The summed E-state index contributed by atoms with van der Waals surface area (Å²) in [5.74, 6) is -0.649. The molecule has 0 aliphatic heterocycles. The molecular weight excluding hydrogens is 408 g/mol. The molecule has 6 nitrogen and oxygen atoms in total. The molecular formula is C17H19BrN2O4S. The lowest BCUT2D eigenvalue weighted by Gasteiger charge is -2.21. The van der Waals surface area contributed by atoms with E-state index in [1.807, 2.05) is 6.92 Å². The zero-order valence-corrected chi connectivity index (χ0v) is 16.1. The first kappa shape index (κ1) is 19.6. The molecule has 134 valence electrons. The topological polar surface area (TPSA) is 95.5 Å². The summed E-state index contributed by atoms with van der Waals surface area (Å²) in [5, 5.41) is 12.5. The summed E-state index contributed by atoms with van der Waals surface area (Å²) in [7, 11) is -3.95. The van der Waals surface area contributed by atoms with Crippen LogP contribution in [0.1, 0.15) is 12.5 Å². The predicted octanol–water partition coefficient (Wildman–Crippen LogP) is 2.42. The Morgan fingerprint density at radius 1 is 1.16 bits per heavy atom. The molecule has 25 heavy (non-hydrogen) atoms. The van der Waals surface area contributed by atoms with Crippen molar-refractivity contribution in [2.75, 3.05) is 5.32 Å². The van der Waals surface area contributed by atoms with Crippen LogP contribution in [0.2, 0.25) is 0 Å². The van der Waals surface area contributed by atoms with Crippen LogP contribution in [0, 0.1) is 6.92 Å². The number of amides is 1. The maximum atomic E-state index is 12.5. The van der Waals surface area contributed by atoms with Gasteiger partial charge >= 0.3 is 0 Å². The molecule has 0 saturated heterocycles. The first-order chi connectivity index (χ1) is 11.7. The molecule has 2 unspecified atom stereocenters. The van der Waals surface area contributed by atoms with Gasteiger partial charge in [-0.15, -0.1) is 0 Å². The fraction of sp³-hybridized carbons (Fsp3) is 0.235. The van der Waals surface area contributed by atoms with Gasteiger partial charge in [-0.1, -0.05) is 39.7 Å². The largest absolute Gasteiger partial charge is 0.391 e. The third-order valence-corrected chi connectivity index (χ3v) is 5.42. The molecule has 0 aliphatic rings. The molecule has 0 heterocycles. The maximum absolute atomic E-state index is 12.5. The maximum Gasteiger partial charge on any atom is 0.245 e. The fourth-order valence-electron chi connectivity index (χ4n) is 2.11. The highest BCUT2D eigenvalue weighted by molar-refractivity contribution is 9.10. The van der Waals surface area contributed by atoms with Crippen LogP contribution >= 0.6 is 15.9 Å². The lowest BCUT2D eigenvalue weighted by atomic mass is 10.2. The predicted molar refractivity (Wildman–Crippen MR) is 99.7 cm³/mol. The number of aryl methyl sites for hydroxylation is 1. The van der Waals surface area contributed by atoms with Crippen molar-refractivity contribution in [2.45, 2.75) is 30.9 Å². The van der Waals surface area contributed by atoms with Crippen LogP contribution < -0.4 is 10.0 Å². The van der Waals surface area contributed by atoms with E-state index in [9.17, 15) is 18.3 Å². The normalized spacial score (nSPS) is 13.9. The average Bonchev–Trinajstić information content (AvgIpc) is 2.52. The number of aliphatic hydroxyl groups is 1. The van der Waals surface area contributed by atoms with E-state index in [0.29, 0.717) is 5.69 Å². The standard InChI is InChI=1S/C17H19BrN2O4S/c1-11-6-8-15(9-7-11)25(23,24)20-16(12(2)21)17(22)19-14-5-3-4-13(18)10-14/h3-10,12,16,20-21H,1-2H3,(H,19,22). The summed E-state index contributed by atoms with van der Waals surface area (Å²) >= 11 is 3.29. The van der Waals surface area contributed by atoms with E-state index in [1.165, 1.54) is 19.1 Å². The lowest BCUT2D eigenvalue weighted by Crippen LogP contribution is -2.50. The van der Waals surface area contributed by atoms with Gasteiger partial charge in [-0.3, -0.25) is 4.79 Å². The number of hydrogen-bond donors (Lipinski definition) is 3. The minimum atomic E-state index is -3.95. The second-order valence-corrected chi connectivity index (χ2v) is 8.28. The Kier molecular flexibility index (Phi) is 6.34. The Morgan fingerprint density at radius 3 is 2.36 bits per heavy atom. The van der Waals surface area contributed by atoms with Crippen LogP contribution in [0.3, 0.4) is 0 Å². The molecule has 2 aromatic rings. The lowest BCUT2D eigenvalue weighted by molar-refractivity contribution is -0.119. The van der Waals surface area contributed by atoms with Crippen molar-refractivity contribution in [3.05, 3.63) is 58.6 Å². The molecule has 0 bridgehead atoms. The van der Waals surface area contributed by atoms with E-state index in [2.05, 4.69) is 26.0 Å². The Balaban J connectivity index is 2.19. The summed E-state index contributed by atoms with van der Waals surface area (Å²) in [4.78, 5) is 12.4. The average molecular weight is 427 g/mol. The zero-order chi connectivity index (χ0) is 18.6. The number of nitrogens with one attached hydrogen (secondary N) is 2. The van der Waals surface area contributed by atoms with Crippen LogP contribution in [0.15, 0.2) is 57.9 Å². The molecule has 2 aromatic carbocycles. The summed E-state index contributed by atoms with van der Waals surface area (Å²) in [6.07, 6.45) is -1.22. The van der Waals surface area contributed by atoms with Crippen molar-refractivity contribution in [3.63, 3.8) is 0 Å². The van der Waals surface area contributed by atoms with Crippen molar-refractivity contribution >= 4 is 37.5 Å².